The van der Waals surface area contributed by atoms with Crippen molar-refractivity contribution in [1.29, 1.82) is 0 Å². The summed E-state index contributed by atoms with van der Waals surface area (Å²) in [6, 6.07) is 4.16. The van der Waals surface area contributed by atoms with Gasteiger partial charge >= 0.3 is 0 Å². The molecule has 0 heterocycles. The quantitative estimate of drug-likeness (QED) is 0.810. The molecule has 0 atom stereocenters. The summed E-state index contributed by atoms with van der Waals surface area (Å²) in [5.41, 5.74) is 3.63. The highest BCUT2D eigenvalue weighted by Crippen LogP contribution is 2.32. The summed E-state index contributed by atoms with van der Waals surface area (Å²) in [5.74, 6) is 1.41. The fourth-order valence-corrected chi connectivity index (χ4v) is 2.18. The number of hydrogen-bond donors (Lipinski definition) is 2. The van der Waals surface area contributed by atoms with E-state index in [1.165, 1.54) is 11.1 Å². The van der Waals surface area contributed by atoms with Crippen LogP contribution in [0.4, 0.5) is 0 Å². The van der Waals surface area contributed by atoms with E-state index in [0.717, 1.165) is 25.1 Å². The van der Waals surface area contributed by atoms with Crippen LogP contribution in [-0.4, -0.2) is 18.2 Å². The molecule has 0 bridgehead atoms. The zero-order chi connectivity index (χ0) is 15.7. The Morgan fingerprint density at radius 1 is 0.950 bits per heavy atom. The van der Waals surface area contributed by atoms with Crippen LogP contribution in [0.5, 0.6) is 5.75 Å². The second kappa shape index (κ2) is 9.82. The third kappa shape index (κ3) is 5.96. The molecule has 0 saturated carbocycles. The van der Waals surface area contributed by atoms with Gasteiger partial charge in [0.15, 0.2) is 0 Å². The lowest BCUT2D eigenvalue weighted by Crippen LogP contribution is -2.09. The molecule has 0 aliphatic rings. The number of benzene rings is 1. The van der Waals surface area contributed by atoms with E-state index in [1.54, 1.807) is 0 Å². The molecule has 0 fully saturated rings. The van der Waals surface area contributed by atoms with Crippen molar-refractivity contribution in [3.63, 3.8) is 0 Å². The first-order valence-corrected chi connectivity index (χ1v) is 7.95. The Labute approximate surface area is 125 Å². The van der Waals surface area contributed by atoms with Crippen molar-refractivity contribution in [1.82, 2.24) is 5.32 Å². The SMILES string of the molecule is CCNCC.CCc1c(O)cc(C(C)C)cc1C(C)C. The number of hydrogen-bond acceptors (Lipinski definition) is 2. The van der Waals surface area contributed by atoms with Crippen LogP contribution in [0.15, 0.2) is 12.1 Å². The highest BCUT2D eigenvalue weighted by atomic mass is 16.3. The van der Waals surface area contributed by atoms with Gasteiger partial charge in [0.25, 0.3) is 0 Å². The second-order valence-corrected chi connectivity index (χ2v) is 5.73. The number of nitrogens with one attached hydrogen (secondary N) is 1. The maximum atomic E-state index is 9.97. The summed E-state index contributed by atoms with van der Waals surface area (Å²) in [4.78, 5) is 0. The van der Waals surface area contributed by atoms with E-state index < -0.39 is 0 Å². The molecule has 0 amide bonds. The van der Waals surface area contributed by atoms with Crippen LogP contribution in [0.25, 0.3) is 0 Å². The molecule has 1 aromatic rings. The van der Waals surface area contributed by atoms with E-state index in [1.807, 2.05) is 6.07 Å². The Kier molecular flexibility index (Phi) is 9.32. The minimum Gasteiger partial charge on any atom is -0.508 e. The molecule has 0 spiro atoms. The molecule has 0 saturated heterocycles. The van der Waals surface area contributed by atoms with E-state index in [2.05, 4.69) is 59.8 Å². The van der Waals surface area contributed by atoms with Crippen LogP contribution in [0.3, 0.4) is 0 Å². The molecular formula is C18H33NO. The predicted molar refractivity (Wildman–Crippen MR) is 89.9 cm³/mol. The smallest absolute Gasteiger partial charge is 0.119 e. The van der Waals surface area contributed by atoms with Crippen LogP contribution < -0.4 is 5.32 Å². The number of rotatable bonds is 5. The van der Waals surface area contributed by atoms with Crippen molar-refractivity contribution in [2.24, 2.45) is 0 Å². The van der Waals surface area contributed by atoms with Crippen LogP contribution in [0.2, 0.25) is 0 Å². The molecule has 0 aliphatic heterocycles. The average molecular weight is 279 g/mol. The average Bonchev–Trinajstić information content (AvgIpc) is 2.39. The third-order valence-corrected chi connectivity index (χ3v) is 3.43. The van der Waals surface area contributed by atoms with Gasteiger partial charge in [0.2, 0.25) is 0 Å². The first-order chi connectivity index (χ1) is 9.38. The number of phenolic OH excluding ortho intramolecular Hbond substituents is 1. The van der Waals surface area contributed by atoms with Crippen molar-refractivity contribution in [2.45, 2.75) is 66.7 Å². The summed E-state index contributed by atoms with van der Waals surface area (Å²) < 4.78 is 0. The second-order valence-electron chi connectivity index (χ2n) is 5.73. The van der Waals surface area contributed by atoms with Crippen LogP contribution in [-0.2, 0) is 6.42 Å². The first-order valence-electron chi connectivity index (χ1n) is 7.95. The molecule has 116 valence electrons. The van der Waals surface area contributed by atoms with Gasteiger partial charge in [0.05, 0.1) is 0 Å². The topological polar surface area (TPSA) is 32.3 Å². The monoisotopic (exact) mass is 279 g/mol. The minimum atomic E-state index is 0.465. The molecule has 0 aliphatic carbocycles. The molecule has 2 nitrogen and oxygen atoms in total. The van der Waals surface area contributed by atoms with Crippen molar-refractivity contribution >= 4 is 0 Å². The molecule has 0 unspecified atom stereocenters. The largest absolute Gasteiger partial charge is 0.508 e. The first kappa shape index (κ1) is 19.0. The highest BCUT2D eigenvalue weighted by Gasteiger charge is 2.12. The third-order valence-electron chi connectivity index (χ3n) is 3.43. The van der Waals surface area contributed by atoms with Gasteiger partial charge in [-0.2, -0.15) is 0 Å². The lowest BCUT2D eigenvalue weighted by atomic mass is 9.90. The lowest BCUT2D eigenvalue weighted by molar-refractivity contribution is 0.465. The standard InChI is InChI=1S/C14H22O.C4H11N/c1-6-12-13(10(4)5)7-11(9(2)3)8-14(12)15;1-3-5-4-2/h7-10,15H,6H2,1-5H3;5H,3-4H2,1-2H3. The van der Waals surface area contributed by atoms with Crippen molar-refractivity contribution < 1.29 is 5.11 Å². The Bertz CT molecular complexity index is 381. The van der Waals surface area contributed by atoms with E-state index >= 15 is 0 Å². The molecule has 1 aromatic carbocycles. The Hall–Kier alpha value is -1.02. The fourth-order valence-electron chi connectivity index (χ4n) is 2.18. The van der Waals surface area contributed by atoms with Gasteiger partial charge in [0.1, 0.15) is 5.75 Å². The van der Waals surface area contributed by atoms with Gasteiger partial charge in [-0.1, -0.05) is 54.5 Å². The van der Waals surface area contributed by atoms with Crippen molar-refractivity contribution in [3.05, 3.63) is 28.8 Å². The summed E-state index contributed by atoms with van der Waals surface area (Å²) in [7, 11) is 0. The number of aromatic hydroxyl groups is 1. The van der Waals surface area contributed by atoms with Crippen LogP contribution in [0.1, 0.15) is 77.0 Å². The lowest BCUT2D eigenvalue weighted by Gasteiger charge is -2.17. The van der Waals surface area contributed by atoms with Crippen LogP contribution in [0, 0.1) is 0 Å². The molecule has 2 heteroatoms. The molecule has 1 rings (SSSR count). The Morgan fingerprint density at radius 3 is 1.80 bits per heavy atom. The van der Waals surface area contributed by atoms with Crippen molar-refractivity contribution in [3.8, 4) is 5.75 Å². The number of phenols is 1. The fraction of sp³-hybridized carbons (Fsp3) is 0.667. The van der Waals surface area contributed by atoms with Gasteiger partial charge in [-0.3, -0.25) is 0 Å². The van der Waals surface area contributed by atoms with Gasteiger partial charge < -0.3 is 10.4 Å². The normalized spacial score (nSPS) is 10.7. The summed E-state index contributed by atoms with van der Waals surface area (Å²) in [6.45, 7) is 17.2. The Balaban J connectivity index is 0.000000621. The zero-order valence-electron chi connectivity index (χ0n) is 14.4. The van der Waals surface area contributed by atoms with Gasteiger partial charge in [-0.25, -0.2) is 0 Å². The van der Waals surface area contributed by atoms with Gasteiger partial charge in [-0.05, 0) is 54.1 Å². The molecule has 0 radical (unpaired) electrons. The molecule has 0 aromatic heterocycles. The van der Waals surface area contributed by atoms with E-state index in [-0.39, 0.29) is 0 Å². The summed E-state index contributed by atoms with van der Waals surface area (Å²) in [6.07, 6.45) is 0.901. The minimum absolute atomic E-state index is 0.465. The Morgan fingerprint density at radius 2 is 1.50 bits per heavy atom. The summed E-state index contributed by atoms with van der Waals surface area (Å²) in [5, 5.41) is 13.1. The molecule has 2 N–H and O–H groups in total. The summed E-state index contributed by atoms with van der Waals surface area (Å²) >= 11 is 0. The van der Waals surface area contributed by atoms with E-state index in [0.29, 0.717) is 17.6 Å². The van der Waals surface area contributed by atoms with E-state index in [4.69, 9.17) is 0 Å². The predicted octanol–water partition coefficient (Wildman–Crippen LogP) is 4.82. The van der Waals surface area contributed by atoms with Crippen molar-refractivity contribution in [2.75, 3.05) is 13.1 Å². The van der Waals surface area contributed by atoms with E-state index in [9.17, 15) is 5.11 Å². The molecular weight excluding hydrogens is 246 g/mol. The maximum Gasteiger partial charge on any atom is 0.119 e. The highest BCUT2D eigenvalue weighted by molar-refractivity contribution is 5.45. The zero-order valence-corrected chi connectivity index (χ0v) is 14.4. The van der Waals surface area contributed by atoms with Crippen LogP contribution >= 0.6 is 0 Å². The maximum absolute atomic E-state index is 9.97. The van der Waals surface area contributed by atoms with Gasteiger partial charge in [-0.15, -0.1) is 0 Å². The van der Waals surface area contributed by atoms with Gasteiger partial charge in [0, 0.05) is 0 Å². The molecule has 20 heavy (non-hydrogen) atoms.